The van der Waals surface area contributed by atoms with Gasteiger partial charge in [-0.2, -0.15) is 0 Å². The van der Waals surface area contributed by atoms with E-state index in [0.29, 0.717) is 47.2 Å². The molecule has 3 rings (SSSR count). The lowest BCUT2D eigenvalue weighted by atomic mass is 10.1. The Balaban J connectivity index is 1.90. The molecule has 0 aliphatic heterocycles. The summed E-state index contributed by atoms with van der Waals surface area (Å²) in [7, 11) is 3.13. The van der Waals surface area contributed by atoms with Gasteiger partial charge < -0.3 is 29.8 Å². The molecule has 8 heteroatoms. The van der Waals surface area contributed by atoms with Crippen molar-refractivity contribution in [3.05, 3.63) is 63.4 Å². The minimum atomic E-state index is -0.201. The van der Waals surface area contributed by atoms with Crippen LogP contribution in [-0.2, 0) is 6.54 Å². The number of fused-ring (bicyclic) bond motifs is 1. The second kappa shape index (κ2) is 10.5. The molecule has 0 saturated heterocycles. The lowest BCUT2D eigenvalue weighted by Gasteiger charge is -2.26. The molecule has 0 aliphatic carbocycles. The number of nitrogens with zero attached hydrogens (tertiary/aromatic N) is 1. The van der Waals surface area contributed by atoms with E-state index >= 15 is 0 Å². The van der Waals surface area contributed by atoms with Crippen molar-refractivity contribution in [3.8, 4) is 11.5 Å². The lowest BCUT2D eigenvalue weighted by molar-refractivity contribution is 0.265. The van der Waals surface area contributed by atoms with Crippen LogP contribution < -0.4 is 20.3 Å². The van der Waals surface area contributed by atoms with Crippen LogP contribution in [0.2, 0.25) is 0 Å². The summed E-state index contributed by atoms with van der Waals surface area (Å²) in [5.41, 5.74) is 4.19. The summed E-state index contributed by atoms with van der Waals surface area (Å²) in [5.74, 6) is 1.13. The van der Waals surface area contributed by atoms with Gasteiger partial charge in [0.2, 0.25) is 0 Å². The monoisotopic (exact) mass is 455 g/mol. The molecule has 0 amide bonds. The van der Waals surface area contributed by atoms with E-state index in [1.807, 2.05) is 43.0 Å². The molecule has 3 aromatic rings. The number of anilines is 1. The Labute approximate surface area is 193 Å². The van der Waals surface area contributed by atoms with Crippen LogP contribution in [0.25, 0.3) is 10.9 Å². The van der Waals surface area contributed by atoms with E-state index in [9.17, 15) is 9.90 Å². The third kappa shape index (κ3) is 5.38. The zero-order valence-electron chi connectivity index (χ0n) is 18.8. The molecular weight excluding hydrogens is 426 g/mol. The lowest BCUT2D eigenvalue weighted by Crippen LogP contribution is -2.37. The van der Waals surface area contributed by atoms with Gasteiger partial charge in [0.05, 0.1) is 26.3 Å². The highest BCUT2D eigenvalue weighted by atomic mass is 32.1. The summed E-state index contributed by atoms with van der Waals surface area (Å²) >= 11 is 5.66. The quantitative estimate of drug-likeness (QED) is 0.446. The third-order valence-electron chi connectivity index (χ3n) is 5.28. The smallest absolute Gasteiger partial charge is 0.253 e. The molecule has 170 valence electrons. The standard InChI is InChI=1S/C24H29N3O4S/c1-15-6-7-19(16(2)10-15)26-24(32)27(8-5-9-28)14-18-11-17-12-21(30-3)22(31-4)13-20(17)25-23(18)29/h6-7,10-13,28H,5,8-9,14H2,1-4H3,(H,25,29)(H,26,32). The highest BCUT2D eigenvalue weighted by Crippen LogP contribution is 2.31. The number of aryl methyl sites for hydroxylation is 2. The van der Waals surface area contributed by atoms with E-state index in [1.165, 1.54) is 5.56 Å². The number of H-pyrrole nitrogens is 1. The van der Waals surface area contributed by atoms with E-state index in [0.717, 1.165) is 16.6 Å². The minimum Gasteiger partial charge on any atom is -0.493 e. The Morgan fingerprint density at radius 2 is 1.84 bits per heavy atom. The molecule has 0 fully saturated rings. The van der Waals surface area contributed by atoms with Crippen molar-refractivity contribution in [2.45, 2.75) is 26.8 Å². The second-order valence-electron chi connectivity index (χ2n) is 7.67. The van der Waals surface area contributed by atoms with Crippen LogP contribution in [0, 0.1) is 13.8 Å². The molecule has 3 N–H and O–H groups in total. The average Bonchev–Trinajstić information content (AvgIpc) is 2.77. The minimum absolute atomic E-state index is 0.0355. The molecule has 1 heterocycles. The largest absolute Gasteiger partial charge is 0.493 e. The number of ether oxygens (including phenoxy) is 2. The predicted octanol–water partition coefficient (Wildman–Crippen LogP) is 3.74. The summed E-state index contributed by atoms with van der Waals surface area (Å²) in [6.45, 7) is 4.91. The van der Waals surface area contributed by atoms with E-state index in [-0.39, 0.29) is 12.2 Å². The molecule has 0 aliphatic rings. The van der Waals surface area contributed by atoms with Crippen LogP contribution in [-0.4, -0.2) is 47.5 Å². The van der Waals surface area contributed by atoms with Crippen LogP contribution in [0.4, 0.5) is 5.69 Å². The molecule has 2 aromatic carbocycles. The SMILES string of the molecule is COc1cc2cc(CN(CCCO)C(=S)Nc3ccc(C)cc3C)c(=O)[nH]c2cc1OC. The second-order valence-corrected chi connectivity index (χ2v) is 8.05. The Morgan fingerprint density at radius 1 is 1.12 bits per heavy atom. The molecule has 0 saturated carbocycles. The van der Waals surface area contributed by atoms with Gasteiger partial charge in [0, 0.05) is 35.9 Å². The van der Waals surface area contributed by atoms with Crippen molar-refractivity contribution >= 4 is 33.9 Å². The summed E-state index contributed by atoms with van der Waals surface area (Å²) in [6.07, 6.45) is 0.533. The molecule has 32 heavy (non-hydrogen) atoms. The maximum absolute atomic E-state index is 12.8. The topological polar surface area (TPSA) is 86.8 Å². The summed E-state index contributed by atoms with van der Waals surface area (Å²) in [5, 5.41) is 14.0. The maximum atomic E-state index is 12.8. The molecule has 7 nitrogen and oxygen atoms in total. The van der Waals surface area contributed by atoms with Crippen molar-refractivity contribution in [1.82, 2.24) is 9.88 Å². The van der Waals surface area contributed by atoms with Gasteiger partial charge in [0.1, 0.15) is 0 Å². The van der Waals surface area contributed by atoms with E-state index < -0.39 is 0 Å². The van der Waals surface area contributed by atoms with Gasteiger partial charge in [-0.3, -0.25) is 4.79 Å². The number of methoxy groups -OCH3 is 2. The van der Waals surface area contributed by atoms with Gasteiger partial charge in [0.15, 0.2) is 16.6 Å². The number of thiocarbonyl (C=S) groups is 1. The van der Waals surface area contributed by atoms with E-state index in [4.69, 9.17) is 21.7 Å². The van der Waals surface area contributed by atoms with E-state index in [2.05, 4.69) is 16.4 Å². The number of hydrogen-bond acceptors (Lipinski definition) is 5. The number of aliphatic hydroxyl groups excluding tert-OH is 1. The summed E-state index contributed by atoms with van der Waals surface area (Å²) < 4.78 is 10.7. The van der Waals surface area contributed by atoms with Gasteiger partial charge in [-0.05, 0) is 56.2 Å². The van der Waals surface area contributed by atoms with Crippen molar-refractivity contribution < 1.29 is 14.6 Å². The van der Waals surface area contributed by atoms with Crippen molar-refractivity contribution in [1.29, 1.82) is 0 Å². The number of aromatic nitrogens is 1. The summed E-state index contributed by atoms with van der Waals surface area (Å²) in [6, 6.07) is 11.5. The zero-order chi connectivity index (χ0) is 23.3. The Bertz CT molecular complexity index is 1180. The van der Waals surface area contributed by atoms with Crippen molar-refractivity contribution in [3.63, 3.8) is 0 Å². The van der Waals surface area contributed by atoms with Crippen LogP contribution in [0.5, 0.6) is 11.5 Å². The Hall–Kier alpha value is -3.10. The highest BCUT2D eigenvalue weighted by molar-refractivity contribution is 7.80. The molecule has 0 atom stereocenters. The first-order valence-electron chi connectivity index (χ1n) is 10.4. The number of aliphatic hydroxyl groups is 1. The predicted molar refractivity (Wildman–Crippen MR) is 132 cm³/mol. The van der Waals surface area contributed by atoms with Crippen LogP contribution in [0.15, 0.2) is 41.2 Å². The van der Waals surface area contributed by atoms with Crippen molar-refractivity contribution in [2.75, 3.05) is 32.7 Å². The molecule has 0 radical (unpaired) electrons. The van der Waals surface area contributed by atoms with Crippen LogP contribution in [0.3, 0.4) is 0 Å². The molecule has 0 unspecified atom stereocenters. The number of benzene rings is 2. The van der Waals surface area contributed by atoms with Gasteiger partial charge in [0.25, 0.3) is 5.56 Å². The normalized spacial score (nSPS) is 10.8. The molecule has 0 bridgehead atoms. The molecule has 1 aromatic heterocycles. The number of pyridine rings is 1. The first-order chi connectivity index (χ1) is 15.4. The van der Waals surface area contributed by atoms with Crippen LogP contribution in [0.1, 0.15) is 23.1 Å². The number of aromatic amines is 1. The van der Waals surface area contributed by atoms with Gasteiger partial charge in [-0.1, -0.05) is 17.7 Å². The Morgan fingerprint density at radius 3 is 2.50 bits per heavy atom. The third-order valence-corrected chi connectivity index (χ3v) is 5.64. The average molecular weight is 456 g/mol. The number of nitrogens with one attached hydrogen (secondary N) is 2. The number of rotatable bonds is 8. The van der Waals surface area contributed by atoms with Crippen molar-refractivity contribution in [2.24, 2.45) is 0 Å². The fourth-order valence-corrected chi connectivity index (χ4v) is 3.83. The van der Waals surface area contributed by atoms with E-state index in [1.54, 1.807) is 20.3 Å². The first-order valence-corrected chi connectivity index (χ1v) is 10.8. The number of hydrogen-bond donors (Lipinski definition) is 3. The van der Waals surface area contributed by atoms with Gasteiger partial charge in [-0.25, -0.2) is 0 Å². The Kier molecular flexibility index (Phi) is 7.71. The fourth-order valence-electron chi connectivity index (χ4n) is 3.56. The highest BCUT2D eigenvalue weighted by Gasteiger charge is 2.15. The molecule has 0 spiro atoms. The zero-order valence-corrected chi connectivity index (χ0v) is 19.6. The summed E-state index contributed by atoms with van der Waals surface area (Å²) in [4.78, 5) is 17.6. The fraction of sp³-hybridized carbons (Fsp3) is 0.333. The maximum Gasteiger partial charge on any atom is 0.253 e. The molecular formula is C24H29N3O4S. The van der Waals surface area contributed by atoms with Crippen LogP contribution >= 0.6 is 12.2 Å². The van der Waals surface area contributed by atoms with Gasteiger partial charge in [-0.15, -0.1) is 0 Å². The van der Waals surface area contributed by atoms with Gasteiger partial charge >= 0.3 is 0 Å². The first kappa shape index (κ1) is 23.6.